The molecule has 0 atom stereocenters. The maximum absolute atomic E-state index is 13.1. The van der Waals surface area contributed by atoms with E-state index in [-0.39, 0.29) is 12.2 Å². The molecule has 5 nitrogen and oxygen atoms in total. The Kier molecular flexibility index (Phi) is 2.26. The van der Waals surface area contributed by atoms with Gasteiger partial charge >= 0.3 is 6.03 Å². The Hall–Kier alpha value is -2.11. The quantitative estimate of drug-likeness (QED) is 0.722. The van der Waals surface area contributed by atoms with Crippen LogP contribution in [0.2, 0.25) is 0 Å². The van der Waals surface area contributed by atoms with Crippen molar-refractivity contribution in [2.24, 2.45) is 0 Å². The molecule has 0 saturated carbocycles. The number of hydrogen-bond acceptors (Lipinski definition) is 3. The van der Waals surface area contributed by atoms with Crippen molar-refractivity contribution < 1.29 is 19.1 Å². The van der Waals surface area contributed by atoms with Crippen LogP contribution in [-0.2, 0) is 4.79 Å². The fourth-order valence-electron chi connectivity index (χ4n) is 1.51. The molecule has 84 valence electrons. The summed E-state index contributed by atoms with van der Waals surface area (Å²) in [4.78, 5) is 25.1. The number of carbonyl (C=O) groups is 2. The molecular weight excluding hydrogens is 215 g/mol. The summed E-state index contributed by atoms with van der Waals surface area (Å²) in [5.74, 6) is -1.80. The van der Waals surface area contributed by atoms with Gasteiger partial charge in [0.2, 0.25) is 0 Å². The molecule has 0 radical (unpaired) electrons. The minimum atomic E-state index is -0.868. The van der Waals surface area contributed by atoms with Gasteiger partial charge in [-0.05, 0) is 12.1 Å². The Bertz CT molecular complexity index is 475. The minimum absolute atomic E-state index is 0.0265. The molecule has 1 fully saturated rings. The van der Waals surface area contributed by atoms with Crippen LogP contribution in [0.4, 0.5) is 14.9 Å². The number of urea groups is 1. The summed E-state index contributed by atoms with van der Waals surface area (Å²) >= 11 is 0. The molecule has 1 saturated heterocycles. The van der Waals surface area contributed by atoms with E-state index < -0.39 is 23.5 Å². The maximum atomic E-state index is 13.1. The fourth-order valence-corrected chi connectivity index (χ4v) is 1.51. The van der Waals surface area contributed by atoms with E-state index in [1.165, 1.54) is 18.0 Å². The predicted molar refractivity (Wildman–Crippen MR) is 53.6 cm³/mol. The Balaban J connectivity index is 2.41. The first-order valence-corrected chi connectivity index (χ1v) is 4.57. The molecule has 1 aromatic carbocycles. The molecule has 2 rings (SSSR count). The van der Waals surface area contributed by atoms with E-state index >= 15 is 0 Å². The van der Waals surface area contributed by atoms with Crippen molar-refractivity contribution in [2.45, 2.75) is 0 Å². The van der Waals surface area contributed by atoms with Crippen molar-refractivity contribution in [3.63, 3.8) is 0 Å². The molecular formula is C10H9FN2O3. The highest BCUT2D eigenvalue weighted by molar-refractivity contribution is 6.19. The number of nitrogens with zero attached hydrogens (tertiary/aromatic N) is 2. The number of amides is 3. The first-order chi connectivity index (χ1) is 7.50. The van der Waals surface area contributed by atoms with Gasteiger partial charge in [0.1, 0.15) is 6.54 Å². The molecule has 1 aromatic rings. The Labute approximate surface area is 90.7 Å². The van der Waals surface area contributed by atoms with Crippen molar-refractivity contribution in [3.05, 3.63) is 24.0 Å². The number of hydrogen-bond donors (Lipinski definition) is 1. The molecule has 1 aliphatic heterocycles. The van der Waals surface area contributed by atoms with Gasteiger partial charge in [-0.1, -0.05) is 0 Å². The number of phenols is 1. The molecule has 0 unspecified atom stereocenters. The number of phenolic OH excluding ortho intramolecular Hbond substituents is 1. The summed E-state index contributed by atoms with van der Waals surface area (Å²) in [7, 11) is 1.48. The summed E-state index contributed by atoms with van der Waals surface area (Å²) in [6, 6.07) is 2.86. The fraction of sp³-hybridized carbons (Fsp3) is 0.200. The molecule has 6 heteroatoms. The topological polar surface area (TPSA) is 60.9 Å². The van der Waals surface area contributed by atoms with E-state index in [4.69, 9.17) is 5.11 Å². The highest BCUT2D eigenvalue weighted by Gasteiger charge is 2.34. The van der Waals surface area contributed by atoms with Crippen LogP contribution in [-0.4, -0.2) is 35.5 Å². The first-order valence-electron chi connectivity index (χ1n) is 4.57. The van der Waals surface area contributed by atoms with Crippen LogP contribution in [0.25, 0.3) is 0 Å². The molecule has 0 aromatic heterocycles. The van der Waals surface area contributed by atoms with Gasteiger partial charge in [-0.3, -0.25) is 4.79 Å². The second-order valence-corrected chi connectivity index (χ2v) is 3.50. The molecule has 0 spiro atoms. The number of carbonyl (C=O) groups excluding carboxylic acids is 2. The van der Waals surface area contributed by atoms with Gasteiger partial charge in [-0.15, -0.1) is 0 Å². The first kappa shape index (κ1) is 10.4. The van der Waals surface area contributed by atoms with Crippen LogP contribution in [0.1, 0.15) is 0 Å². The summed E-state index contributed by atoms with van der Waals surface area (Å²) in [5.41, 5.74) is 0.120. The molecule has 1 N–H and O–H groups in total. The predicted octanol–water partition coefficient (Wildman–Crippen LogP) is 0.930. The van der Waals surface area contributed by atoms with Gasteiger partial charge in [-0.2, -0.15) is 0 Å². The van der Waals surface area contributed by atoms with Crippen molar-refractivity contribution in [1.29, 1.82) is 0 Å². The van der Waals surface area contributed by atoms with Gasteiger partial charge in [0.25, 0.3) is 5.91 Å². The number of benzene rings is 1. The Morgan fingerprint density at radius 1 is 1.38 bits per heavy atom. The normalized spacial score (nSPS) is 16.1. The van der Waals surface area contributed by atoms with Gasteiger partial charge < -0.3 is 10.0 Å². The summed E-state index contributed by atoms with van der Waals surface area (Å²) < 4.78 is 13.1. The monoisotopic (exact) mass is 224 g/mol. The third-order valence-corrected chi connectivity index (χ3v) is 2.33. The second kappa shape index (κ2) is 3.48. The SMILES string of the molecule is CN1CC(=O)N(c2ccc(O)c(F)c2)C1=O. The average Bonchev–Trinajstić information content (AvgIpc) is 2.47. The standard InChI is InChI=1S/C10H9FN2O3/c1-12-5-9(15)13(10(12)16)6-2-3-8(14)7(11)4-6/h2-4,14H,5H2,1H3. The zero-order valence-corrected chi connectivity index (χ0v) is 8.48. The van der Waals surface area contributed by atoms with Crippen LogP contribution in [0, 0.1) is 5.82 Å². The Morgan fingerprint density at radius 3 is 2.56 bits per heavy atom. The average molecular weight is 224 g/mol. The molecule has 3 amide bonds. The molecule has 16 heavy (non-hydrogen) atoms. The third kappa shape index (κ3) is 1.48. The van der Waals surface area contributed by atoms with Gasteiger partial charge in [-0.25, -0.2) is 14.1 Å². The van der Waals surface area contributed by atoms with Crippen LogP contribution < -0.4 is 4.90 Å². The number of aromatic hydroxyl groups is 1. The highest BCUT2D eigenvalue weighted by atomic mass is 19.1. The van der Waals surface area contributed by atoms with Crippen molar-refractivity contribution in [3.8, 4) is 5.75 Å². The largest absolute Gasteiger partial charge is 0.505 e. The maximum Gasteiger partial charge on any atom is 0.331 e. The van der Waals surface area contributed by atoms with Gasteiger partial charge in [0.05, 0.1) is 5.69 Å². The number of anilines is 1. The molecule has 1 heterocycles. The third-order valence-electron chi connectivity index (χ3n) is 2.33. The van der Waals surface area contributed by atoms with E-state index in [1.807, 2.05) is 0 Å². The van der Waals surface area contributed by atoms with Crippen molar-refractivity contribution in [1.82, 2.24) is 4.90 Å². The number of imide groups is 1. The zero-order valence-electron chi connectivity index (χ0n) is 8.48. The smallest absolute Gasteiger partial charge is 0.331 e. The van der Waals surface area contributed by atoms with Crippen LogP contribution in [0.15, 0.2) is 18.2 Å². The van der Waals surface area contributed by atoms with Crippen molar-refractivity contribution in [2.75, 3.05) is 18.5 Å². The summed E-state index contributed by atoms with van der Waals surface area (Å²) in [5, 5.41) is 9.00. The van der Waals surface area contributed by atoms with Crippen LogP contribution in [0.3, 0.4) is 0 Å². The lowest BCUT2D eigenvalue weighted by Gasteiger charge is -2.14. The number of likely N-dealkylation sites (N-methyl/N-ethyl adjacent to an activating group) is 1. The van der Waals surface area contributed by atoms with Crippen LogP contribution in [0.5, 0.6) is 5.75 Å². The zero-order chi connectivity index (χ0) is 11.9. The highest BCUT2D eigenvalue weighted by Crippen LogP contribution is 2.25. The van der Waals surface area contributed by atoms with Crippen molar-refractivity contribution >= 4 is 17.6 Å². The minimum Gasteiger partial charge on any atom is -0.505 e. The van der Waals surface area contributed by atoms with Gasteiger partial charge in [0.15, 0.2) is 11.6 Å². The van der Waals surface area contributed by atoms with E-state index in [0.717, 1.165) is 17.0 Å². The van der Waals surface area contributed by atoms with Crippen LogP contribution >= 0.6 is 0 Å². The molecule has 1 aliphatic rings. The second-order valence-electron chi connectivity index (χ2n) is 3.50. The molecule has 0 bridgehead atoms. The van der Waals surface area contributed by atoms with E-state index in [0.29, 0.717) is 0 Å². The Morgan fingerprint density at radius 2 is 2.06 bits per heavy atom. The lowest BCUT2D eigenvalue weighted by Crippen LogP contribution is -2.31. The summed E-state index contributed by atoms with van der Waals surface area (Å²) in [6.45, 7) is -0.0265. The summed E-state index contributed by atoms with van der Waals surface area (Å²) in [6.07, 6.45) is 0. The van der Waals surface area contributed by atoms with Gasteiger partial charge in [0, 0.05) is 13.1 Å². The van der Waals surface area contributed by atoms with E-state index in [1.54, 1.807) is 0 Å². The van der Waals surface area contributed by atoms with E-state index in [2.05, 4.69) is 0 Å². The number of halogens is 1. The lowest BCUT2D eigenvalue weighted by molar-refractivity contribution is -0.116. The molecule has 0 aliphatic carbocycles. The number of rotatable bonds is 1. The lowest BCUT2D eigenvalue weighted by atomic mass is 10.2. The van der Waals surface area contributed by atoms with E-state index in [9.17, 15) is 14.0 Å².